The maximum absolute atomic E-state index is 15.4. The van der Waals surface area contributed by atoms with Crippen LogP contribution in [-0.4, -0.2) is 25.9 Å². The fraction of sp³-hybridized carbons (Fsp3) is 0.0851. The Hall–Kier alpha value is -6.93. The third-order valence-corrected chi connectivity index (χ3v) is 9.82. The van der Waals surface area contributed by atoms with Gasteiger partial charge in [-0.15, -0.1) is 0 Å². The van der Waals surface area contributed by atoms with Crippen LogP contribution in [-0.2, 0) is 6.61 Å². The number of hydrogen-bond acceptors (Lipinski definition) is 5. The molecule has 0 unspecified atom stereocenters. The lowest BCUT2D eigenvalue weighted by atomic mass is 9.86. The second-order valence-corrected chi connectivity index (χ2v) is 13.0. The zero-order valence-corrected chi connectivity index (χ0v) is 30.3. The molecule has 0 N–H and O–H groups in total. The van der Waals surface area contributed by atoms with Crippen LogP contribution in [0.15, 0.2) is 144 Å². The van der Waals surface area contributed by atoms with E-state index in [1.54, 1.807) is 50.2 Å². The number of nitrogens with zero attached hydrogens (tertiary/aromatic N) is 1. The Morgan fingerprint density at radius 2 is 1.24 bits per heavy atom. The Morgan fingerprint density at radius 1 is 0.655 bits per heavy atom. The largest absolute Gasteiger partial charge is 0.497 e. The molecule has 7 aromatic rings. The smallest absolute Gasteiger partial charge is 0.262 e. The molecular formula is C47H35F2NO5. The van der Waals surface area contributed by atoms with Crippen LogP contribution in [0.4, 0.5) is 8.78 Å². The van der Waals surface area contributed by atoms with Crippen molar-refractivity contribution in [2.75, 3.05) is 21.3 Å². The zero-order chi connectivity index (χ0) is 38.1. The fourth-order valence-corrected chi connectivity index (χ4v) is 7.12. The third-order valence-electron chi connectivity index (χ3n) is 9.82. The van der Waals surface area contributed by atoms with E-state index in [1.165, 1.54) is 24.3 Å². The average molecular weight is 732 g/mol. The Morgan fingerprint density at radius 3 is 1.87 bits per heavy atom. The van der Waals surface area contributed by atoms with Gasteiger partial charge in [0.2, 0.25) is 0 Å². The van der Waals surface area contributed by atoms with Gasteiger partial charge >= 0.3 is 0 Å². The molecule has 272 valence electrons. The molecule has 0 amide bonds. The van der Waals surface area contributed by atoms with Gasteiger partial charge in [-0.25, -0.2) is 8.78 Å². The van der Waals surface area contributed by atoms with Crippen LogP contribution in [0, 0.1) is 11.6 Å². The number of benzene rings is 6. The molecule has 0 aliphatic carbocycles. The highest BCUT2D eigenvalue weighted by atomic mass is 19.1. The van der Waals surface area contributed by atoms with Gasteiger partial charge in [0.25, 0.3) is 5.56 Å². The lowest BCUT2D eigenvalue weighted by Crippen LogP contribution is -2.29. The Kier molecular flexibility index (Phi) is 9.47. The predicted molar refractivity (Wildman–Crippen MR) is 212 cm³/mol. The number of hydrogen-bond donors (Lipinski definition) is 0. The van der Waals surface area contributed by atoms with Crippen molar-refractivity contribution in [3.8, 4) is 62.2 Å². The first-order chi connectivity index (χ1) is 26.9. The second kappa shape index (κ2) is 14.8. The van der Waals surface area contributed by atoms with E-state index >= 15 is 4.79 Å². The number of ether oxygens (including phenoxy) is 4. The van der Waals surface area contributed by atoms with Crippen molar-refractivity contribution in [2.24, 2.45) is 0 Å². The molecule has 0 saturated heterocycles. The lowest BCUT2D eigenvalue weighted by molar-refractivity contribution is 0.300. The molecule has 6 aromatic carbocycles. The first kappa shape index (κ1) is 35.1. The van der Waals surface area contributed by atoms with E-state index in [4.69, 9.17) is 18.9 Å². The lowest BCUT2D eigenvalue weighted by Gasteiger charge is -2.29. The van der Waals surface area contributed by atoms with Crippen molar-refractivity contribution >= 4 is 11.6 Å². The van der Waals surface area contributed by atoms with E-state index in [9.17, 15) is 8.78 Å². The summed E-state index contributed by atoms with van der Waals surface area (Å²) in [6, 6.07) is 40.7. The highest BCUT2D eigenvalue weighted by Crippen LogP contribution is 2.47. The van der Waals surface area contributed by atoms with Crippen LogP contribution in [0.1, 0.15) is 22.3 Å². The van der Waals surface area contributed by atoms with E-state index < -0.39 is 11.6 Å². The highest BCUT2D eigenvalue weighted by Gasteiger charge is 2.31. The molecule has 1 aliphatic heterocycles. The second-order valence-electron chi connectivity index (χ2n) is 13.0. The van der Waals surface area contributed by atoms with Crippen molar-refractivity contribution in [1.29, 1.82) is 0 Å². The molecule has 2 heterocycles. The van der Waals surface area contributed by atoms with Crippen LogP contribution >= 0.6 is 0 Å². The molecule has 0 radical (unpaired) electrons. The standard InChI is InChI=1S/C47H35F2NO5/c1-52-35-20-8-29(9-21-35)26-39(30-14-22-36(53-2)23-15-30)40-27-37(54-3)24-25-42(40)50-46(32-12-18-34(49)19-13-32)44(31-10-16-33(48)17-11-31)45-38-6-4-5-7-43(38)55-28-41(45)47(50)51/h4-27H,28H2,1-3H3/b39-26-. The van der Waals surface area contributed by atoms with Crippen LogP contribution < -0.4 is 24.5 Å². The van der Waals surface area contributed by atoms with E-state index in [0.717, 1.165) is 22.3 Å². The molecule has 0 atom stereocenters. The van der Waals surface area contributed by atoms with E-state index in [2.05, 4.69) is 0 Å². The molecule has 1 aliphatic rings. The summed E-state index contributed by atoms with van der Waals surface area (Å²) in [7, 11) is 4.83. The predicted octanol–water partition coefficient (Wildman–Crippen LogP) is 10.6. The summed E-state index contributed by atoms with van der Waals surface area (Å²) < 4.78 is 53.8. The van der Waals surface area contributed by atoms with Gasteiger partial charge in [0, 0.05) is 22.3 Å². The number of halogens is 2. The fourth-order valence-electron chi connectivity index (χ4n) is 7.12. The van der Waals surface area contributed by atoms with Gasteiger partial charge in [-0.2, -0.15) is 0 Å². The van der Waals surface area contributed by atoms with E-state index in [-0.39, 0.29) is 12.2 Å². The molecule has 8 rings (SSSR count). The van der Waals surface area contributed by atoms with Gasteiger partial charge in [-0.05, 0) is 119 Å². The number of pyridine rings is 1. The summed E-state index contributed by atoms with van der Waals surface area (Å²) in [5.74, 6) is 1.77. The van der Waals surface area contributed by atoms with Crippen LogP contribution in [0.5, 0.6) is 23.0 Å². The number of aromatic nitrogens is 1. The SMILES string of the molecule is COc1ccc(/C=C(/c2ccc(OC)cc2)c2cc(OC)ccc2-n2c(-c3ccc(F)cc3)c(-c3ccc(F)cc3)c3c(c2=O)COc2ccccc2-3)cc1. The summed E-state index contributed by atoms with van der Waals surface area (Å²) >= 11 is 0. The molecule has 55 heavy (non-hydrogen) atoms. The van der Waals surface area contributed by atoms with Crippen molar-refractivity contribution < 1.29 is 27.7 Å². The molecule has 8 heteroatoms. The Labute approximate surface area is 317 Å². The highest BCUT2D eigenvalue weighted by molar-refractivity contribution is 5.99. The minimum Gasteiger partial charge on any atom is -0.497 e. The normalized spacial score (nSPS) is 12.0. The van der Waals surface area contributed by atoms with Gasteiger partial charge in [-0.3, -0.25) is 9.36 Å². The summed E-state index contributed by atoms with van der Waals surface area (Å²) in [6.45, 7) is 0.00157. The molecule has 1 aromatic heterocycles. The van der Waals surface area contributed by atoms with E-state index in [1.807, 2.05) is 97.1 Å². The Bertz CT molecular complexity index is 2610. The molecular weight excluding hydrogens is 697 g/mol. The van der Waals surface area contributed by atoms with Gasteiger partial charge in [0.15, 0.2) is 0 Å². The number of fused-ring (bicyclic) bond motifs is 3. The molecule has 0 saturated carbocycles. The summed E-state index contributed by atoms with van der Waals surface area (Å²) in [4.78, 5) is 15.4. The number of methoxy groups -OCH3 is 3. The average Bonchev–Trinajstić information content (AvgIpc) is 3.23. The van der Waals surface area contributed by atoms with Gasteiger partial charge in [0.1, 0.15) is 41.2 Å². The molecule has 0 fully saturated rings. The zero-order valence-electron chi connectivity index (χ0n) is 30.3. The molecule has 6 nitrogen and oxygen atoms in total. The van der Waals surface area contributed by atoms with Crippen molar-refractivity contribution in [1.82, 2.24) is 4.57 Å². The first-order valence-electron chi connectivity index (χ1n) is 17.6. The summed E-state index contributed by atoms with van der Waals surface area (Å²) in [5.41, 5.74) is 7.64. The maximum Gasteiger partial charge on any atom is 0.262 e. The van der Waals surface area contributed by atoms with Gasteiger partial charge in [-0.1, -0.05) is 54.6 Å². The Balaban J connectivity index is 1.52. The number of para-hydroxylation sites is 1. The van der Waals surface area contributed by atoms with Crippen LogP contribution in [0.2, 0.25) is 0 Å². The van der Waals surface area contributed by atoms with Crippen molar-refractivity contribution in [3.05, 3.63) is 184 Å². The first-order valence-corrected chi connectivity index (χ1v) is 17.6. The van der Waals surface area contributed by atoms with Gasteiger partial charge < -0.3 is 18.9 Å². The minimum absolute atomic E-state index is 0.00157. The summed E-state index contributed by atoms with van der Waals surface area (Å²) in [5, 5.41) is 0. The topological polar surface area (TPSA) is 58.9 Å². The number of rotatable bonds is 9. The van der Waals surface area contributed by atoms with Crippen LogP contribution in [0.3, 0.4) is 0 Å². The van der Waals surface area contributed by atoms with Crippen LogP contribution in [0.25, 0.3) is 50.8 Å². The van der Waals surface area contributed by atoms with Crippen molar-refractivity contribution in [2.45, 2.75) is 6.61 Å². The quantitative estimate of drug-likeness (QED) is 0.138. The minimum atomic E-state index is -0.424. The summed E-state index contributed by atoms with van der Waals surface area (Å²) in [6.07, 6.45) is 2.04. The third kappa shape index (κ3) is 6.63. The molecule has 0 bridgehead atoms. The van der Waals surface area contributed by atoms with E-state index in [0.29, 0.717) is 67.8 Å². The maximum atomic E-state index is 15.4. The molecule has 0 spiro atoms. The van der Waals surface area contributed by atoms with Gasteiger partial charge in [0.05, 0.1) is 38.3 Å². The monoisotopic (exact) mass is 731 g/mol. The van der Waals surface area contributed by atoms with Crippen molar-refractivity contribution in [3.63, 3.8) is 0 Å².